The molecule has 5 heteroatoms. The maximum absolute atomic E-state index is 12.3. The van der Waals surface area contributed by atoms with Gasteiger partial charge < -0.3 is 9.88 Å². The van der Waals surface area contributed by atoms with Crippen LogP contribution in [0.25, 0.3) is 0 Å². The first-order chi connectivity index (χ1) is 9.34. The highest BCUT2D eigenvalue weighted by Gasteiger charge is 2.19. The predicted octanol–water partition coefficient (Wildman–Crippen LogP) is 1.60. The molecule has 3 heterocycles. The number of aromatic nitrogens is 2. The third-order valence-electron chi connectivity index (χ3n) is 3.55. The molecule has 0 aromatic carbocycles. The summed E-state index contributed by atoms with van der Waals surface area (Å²) in [6, 6.07) is 7.99. The van der Waals surface area contributed by atoms with Gasteiger partial charge in [-0.05, 0) is 50.2 Å². The minimum Gasteiger partial charge on any atom is -0.340 e. The number of carbonyl (C=O) groups excluding carboxylic acids is 1. The largest absolute Gasteiger partial charge is 0.340 e. The Hall–Kier alpha value is -2.01. The fourth-order valence-corrected chi connectivity index (χ4v) is 2.57. The highest BCUT2D eigenvalue weighted by atomic mass is 16.2. The fraction of sp³-hybridized carbons (Fsp3) is 0.357. The second kappa shape index (κ2) is 5.32. The second-order valence-electron chi connectivity index (χ2n) is 4.81. The van der Waals surface area contributed by atoms with Crippen molar-refractivity contribution in [1.29, 1.82) is 0 Å². The summed E-state index contributed by atoms with van der Waals surface area (Å²) >= 11 is 0. The minimum absolute atomic E-state index is 0.0697. The molecule has 0 bridgehead atoms. The van der Waals surface area contributed by atoms with Crippen LogP contribution in [-0.4, -0.2) is 28.2 Å². The lowest BCUT2D eigenvalue weighted by Crippen LogP contribution is -2.31. The molecule has 2 aromatic heterocycles. The Morgan fingerprint density at radius 1 is 1.16 bits per heavy atom. The van der Waals surface area contributed by atoms with Gasteiger partial charge in [-0.2, -0.15) is 0 Å². The Morgan fingerprint density at radius 3 is 2.63 bits per heavy atom. The van der Waals surface area contributed by atoms with E-state index in [0.29, 0.717) is 6.04 Å². The quantitative estimate of drug-likeness (QED) is 0.878. The van der Waals surface area contributed by atoms with Crippen LogP contribution in [0.1, 0.15) is 29.4 Å². The first-order valence-electron chi connectivity index (χ1n) is 6.66. The van der Waals surface area contributed by atoms with E-state index in [-0.39, 0.29) is 5.91 Å². The van der Waals surface area contributed by atoms with E-state index in [0.717, 1.165) is 31.6 Å². The number of nitrogens with zero attached hydrogens (tertiary/aromatic N) is 2. The van der Waals surface area contributed by atoms with E-state index in [9.17, 15) is 4.79 Å². The lowest BCUT2D eigenvalue weighted by Gasteiger charge is -2.25. The van der Waals surface area contributed by atoms with Crippen LogP contribution in [0, 0.1) is 0 Å². The molecular formula is C14H18N4O. The minimum atomic E-state index is -0.0697. The molecule has 0 radical (unpaired) electrons. The Balaban J connectivity index is 1.77. The first kappa shape index (κ1) is 12.0. The van der Waals surface area contributed by atoms with Gasteiger partial charge in [0.1, 0.15) is 5.69 Å². The second-order valence-corrected chi connectivity index (χ2v) is 4.81. The van der Waals surface area contributed by atoms with Crippen molar-refractivity contribution in [2.24, 2.45) is 0 Å². The number of piperidine rings is 1. The number of nitrogens with one attached hydrogen (secondary N) is 2. The van der Waals surface area contributed by atoms with Crippen molar-refractivity contribution in [3.05, 3.63) is 48.5 Å². The molecule has 100 valence electrons. The molecule has 5 nitrogen and oxygen atoms in total. The van der Waals surface area contributed by atoms with E-state index < -0.39 is 0 Å². The molecule has 1 amide bonds. The number of rotatable bonds is 3. The third-order valence-corrected chi connectivity index (χ3v) is 3.55. The monoisotopic (exact) mass is 258 g/mol. The van der Waals surface area contributed by atoms with Gasteiger partial charge in [0.25, 0.3) is 5.91 Å². The summed E-state index contributed by atoms with van der Waals surface area (Å²) in [6.45, 7) is 2.03. The molecule has 0 spiro atoms. The smallest absolute Gasteiger partial charge is 0.286 e. The number of amides is 1. The van der Waals surface area contributed by atoms with Crippen molar-refractivity contribution >= 4 is 5.91 Å². The van der Waals surface area contributed by atoms with Gasteiger partial charge in [0.2, 0.25) is 0 Å². The molecule has 2 N–H and O–H groups in total. The van der Waals surface area contributed by atoms with Crippen LogP contribution in [0.5, 0.6) is 0 Å². The zero-order valence-corrected chi connectivity index (χ0v) is 10.7. The SMILES string of the molecule is O=C(Nn1cccc1)c1cccn1C1CCNCC1. The highest BCUT2D eigenvalue weighted by molar-refractivity contribution is 5.98. The Bertz CT molecular complexity index is 538. The Morgan fingerprint density at radius 2 is 1.89 bits per heavy atom. The van der Waals surface area contributed by atoms with Crippen molar-refractivity contribution in [3.8, 4) is 0 Å². The number of hydrogen-bond donors (Lipinski definition) is 2. The molecule has 1 fully saturated rings. The molecule has 0 saturated carbocycles. The number of carbonyl (C=O) groups is 1. The zero-order chi connectivity index (χ0) is 13.1. The van der Waals surface area contributed by atoms with Gasteiger partial charge in [-0.1, -0.05) is 0 Å². The summed E-state index contributed by atoms with van der Waals surface area (Å²) in [6.07, 6.45) is 7.77. The third kappa shape index (κ3) is 2.56. The molecule has 3 rings (SSSR count). The topological polar surface area (TPSA) is 51.0 Å². The summed E-state index contributed by atoms with van der Waals surface area (Å²) < 4.78 is 3.77. The van der Waals surface area contributed by atoms with Crippen molar-refractivity contribution in [3.63, 3.8) is 0 Å². The van der Waals surface area contributed by atoms with Crippen LogP contribution >= 0.6 is 0 Å². The van der Waals surface area contributed by atoms with Crippen molar-refractivity contribution in [2.45, 2.75) is 18.9 Å². The van der Waals surface area contributed by atoms with Crippen molar-refractivity contribution in [2.75, 3.05) is 18.5 Å². The van der Waals surface area contributed by atoms with Crippen LogP contribution < -0.4 is 10.7 Å². The standard InChI is InChI=1S/C14H18N4O/c19-14(16-17-9-1-2-10-17)13-4-3-11-18(13)12-5-7-15-8-6-12/h1-4,9-12,15H,5-8H2,(H,16,19). The van der Waals surface area contributed by atoms with Crippen LogP contribution in [0.2, 0.25) is 0 Å². The van der Waals surface area contributed by atoms with E-state index in [1.54, 1.807) is 4.68 Å². The van der Waals surface area contributed by atoms with Gasteiger partial charge >= 0.3 is 0 Å². The van der Waals surface area contributed by atoms with Crippen molar-refractivity contribution < 1.29 is 4.79 Å². The van der Waals surface area contributed by atoms with Crippen LogP contribution in [-0.2, 0) is 0 Å². The predicted molar refractivity (Wildman–Crippen MR) is 73.7 cm³/mol. The molecule has 1 saturated heterocycles. The lowest BCUT2D eigenvalue weighted by molar-refractivity contribution is 0.0995. The molecule has 1 aliphatic rings. The molecule has 2 aromatic rings. The van der Waals surface area contributed by atoms with Crippen molar-refractivity contribution in [1.82, 2.24) is 14.6 Å². The summed E-state index contributed by atoms with van der Waals surface area (Å²) in [4.78, 5) is 12.3. The van der Waals surface area contributed by atoms with Gasteiger partial charge in [-0.25, -0.2) is 0 Å². The van der Waals surface area contributed by atoms with Gasteiger partial charge in [0, 0.05) is 24.6 Å². The van der Waals surface area contributed by atoms with Crippen LogP contribution in [0.4, 0.5) is 0 Å². The maximum Gasteiger partial charge on any atom is 0.286 e. The normalized spacial score (nSPS) is 16.4. The van der Waals surface area contributed by atoms with E-state index in [1.807, 2.05) is 42.9 Å². The fourth-order valence-electron chi connectivity index (χ4n) is 2.57. The number of hydrogen-bond acceptors (Lipinski definition) is 2. The average molecular weight is 258 g/mol. The van der Waals surface area contributed by atoms with Gasteiger partial charge in [0.15, 0.2) is 0 Å². The Labute approximate surface area is 112 Å². The van der Waals surface area contributed by atoms with E-state index in [2.05, 4.69) is 15.3 Å². The lowest BCUT2D eigenvalue weighted by atomic mass is 10.1. The van der Waals surface area contributed by atoms with Gasteiger partial charge in [0.05, 0.1) is 0 Å². The average Bonchev–Trinajstić information content (AvgIpc) is 3.10. The van der Waals surface area contributed by atoms with E-state index in [4.69, 9.17) is 0 Å². The van der Waals surface area contributed by atoms with E-state index in [1.165, 1.54) is 0 Å². The molecule has 0 aliphatic carbocycles. The summed E-state index contributed by atoms with van der Waals surface area (Å²) in [5, 5.41) is 3.34. The van der Waals surface area contributed by atoms with E-state index >= 15 is 0 Å². The zero-order valence-electron chi connectivity index (χ0n) is 10.7. The van der Waals surface area contributed by atoms with Crippen LogP contribution in [0.3, 0.4) is 0 Å². The maximum atomic E-state index is 12.3. The first-order valence-corrected chi connectivity index (χ1v) is 6.66. The molecule has 19 heavy (non-hydrogen) atoms. The summed E-state index contributed by atoms with van der Waals surface area (Å²) in [7, 11) is 0. The molecule has 1 aliphatic heterocycles. The highest BCUT2D eigenvalue weighted by Crippen LogP contribution is 2.21. The molecule has 0 unspecified atom stereocenters. The van der Waals surface area contributed by atoms with Gasteiger partial charge in [-0.15, -0.1) is 0 Å². The van der Waals surface area contributed by atoms with Crippen LogP contribution in [0.15, 0.2) is 42.9 Å². The van der Waals surface area contributed by atoms with Gasteiger partial charge in [-0.3, -0.25) is 14.9 Å². The summed E-state index contributed by atoms with van der Waals surface area (Å²) in [5.74, 6) is -0.0697. The molecular weight excluding hydrogens is 240 g/mol. The molecule has 0 atom stereocenters. The Kier molecular flexibility index (Phi) is 3.37. The summed E-state index contributed by atoms with van der Waals surface area (Å²) in [5.41, 5.74) is 3.57.